The van der Waals surface area contributed by atoms with E-state index in [2.05, 4.69) is 0 Å². The summed E-state index contributed by atoms with van der Waals surface area (Å²) in [5.41, 5.74) is 0.812. The van der Waals surface area contributed by atoms with Crippen molar-refractivity contribution in [1.29, 1.82) is 0 Å². The van der Waals surface area contributed by atoms with E-state index in [1.165, 1.54) is 16.7 Å². The Bertz CT molecular complexity index is 1230. The van der Waals surface area contributed by atoms with E-state index in [-0.39, 0.29) is 23.4 Å². The lowest BCUT2D eigenvalue weighted by Gasteiger charge is -2.24. The molecule has 2 aliphatic rings. The van der Waals surface area contributed by atoms with E-state index in [0.717, 1.165) is 11.5 Å². The maximum absolute atomic E-state index is 13.6. The van der Waals surface area contributed by atoms with Crippen molar-refractivity contribution in [3.63, 3.8) is 0 Å². The largest absolute Gasteiger partial charge is 0.497 e. The highest BCUT2D eigenvalue weighted by Crippen LogP contribution is 2.35. The van der Waals surface area contributed by atoms with Crippen LogP contribution in [0, 0.1) is 23.5 Å². The maximum Gasteiger partial charge on any atom is 0.331 e. The molecule has 1 amide bonds. The Hall–Kier alpha value is -3.42. The molecule has 2 aliphatic heterocycles. The molecule has 160 valence electrons. The lowest BCUT2D eigenvalue weighted by Crippen LogP contribution is -2.40. The average Bonchev–Trinajstić information content (AvgIpc) is 3.34. The smallest absolute Gasteiger partial charge is 0.331 e. The Morgan fingerprint density at radius 2 is 1.68 bits per heavy atom. The minimum absolute atomic E-state index is 0.211. The molecule has 31 heavy (non-hydrogen) atoms. The topological polar surface area (TPSA) is 54.8 Å². The van der Waals surface area contributed by atoms with E-state index in [4.69, 9.17) is 4.74 Å². The van der Waals surface area contributed by atoms with Gasteiger partial charge in [0.1, 0.15) is 5.75 Å². The molecule has 2 saturated heterocycles. The van der Waals surface area contributed by atoms with Crippen LogP contribution >= 0.6 is 0 Å². The van der Waals surface area contributed by atoms with Crippen LogP contribution in [0.2, 0.25) is 0 Å². The molecule has 0 N–H and O–H groups in total. The van der Waals surface area contributed by atoms with Gasteiger partial charge >= 0.3 is 6.03 Å². The van der Waals surface area contributed by atoms with Gasteiger partial charge in [-0.05, 0) is 36.4 Å². The number of anilines is 1. The SMILES string of the molecule is COc1ccc2c(ccc(=O)n2C(=O)N2CC3CN(c4ccc(F)c(F)c4)CC3C2)c1. The monoisotopic (exact) mass is 425 g/mol. The Labute approximate surface area is 177 Å². The molecular weight excluding hydrogens is 404 g/mol. The molecule has 2 atom stereocenters. The van der Waals surface area contributed by atoms with E-state index in [9.17, 15) is 18.4 Å². The highest BCUT2D eigenvalue weighted by molar-refractivity contribution is 5.91. The third kappa shape index (κ3) is 3.32. The lowest BCUT2D eigenvalue weighted by molar-refractivity contribution is 0.207. The molecular formula is C23H21F2N3O3. The second-order valence-corrected chi connectivity index (χ2v) is 8.14. The van der Waals surface area contributed by atoms with Gasteiger partial charge in [-0.15, -0.1) is 0 Å². The van der Waals surface area contributed by atoms with Crippen LogP contribution in [-0.4, -0.2) is 48.8 Å². The van der Waals surface area contributed by atoms with E-state index in [1.807, 2.05) is 4.90 Å². The molecule has 0 aliphatic carbocycles. The Kier molecular flexibility index (Phi) is 4.64. The number of ether oxygens (including phenoxy) is 1. The summed E-state index contributed by atoms with van der Waals surface area (Å²) in [5.74, 6) is -0.653. The van der Waals surface area contributed by atoms with Gasteiger partial charge in [-0.3, -0.25) is 4.79 Å². The van der Waals surface area contributed by atoms with E-state index >= 15 is 0 Å². The van der Waals surface area contributed by atoms with Crippen molar-refractivity contribution in [3.8, 4) is 5.75 Å². The average molecular weight is 425 g/mol. The lowest BCUT2D eigenvalue weighted by atomic mass is 10.0. The molecule has 0 radical (unpaired) electrons. The van der Waals surface area contributed by atoms with Gasteiger partial charge < -0.3 is 14.5 Å². The van der Waals surface area contributed by atoms with Gasteiger partial charge in [-0.25, -0.2) is 18.1 Å². The van der Waals surface area contributed by atoms with E-state index < -0.39 is 11.6 Å². The molecule has 3 aromatic rings. The summed E-state index contributed by atoms with van der Waals surface area (Å²) in [6, 6.07) is 11.9. The van der Waals surface area contributed by atoms with Gasteiger partial charge in [0.05, 0.1) is 12.6 Å². The quantitative estimate of drug-likeness (QED) is 0.632. The van der Waals surface area contributed by atoms with Crippen LogP contribution in [0.1, 0.15) is 0 Å². The summed E-state index contributed by atoms with van der Waals surface area (Å²) in [6.07, 6.45) is 0. The van der Waals surface area contributed by atoms with Crippen LogP contribution in [0.5, 0.6) is 5.75 Å². The number of hydrogen-bond donors (Lipinski definition) is 0. The van der Waals surface area contributed by atoms with Crippen LogP contribution in [0.4, 0.5) is 19.3 Å². The van der Waals surface area contributed by atoms with Gasteiger partial charge in [-0.1, -0.05) is 0 Å². The molecule has 6 nitrogen and oxygen atoms in total. The summed E-state index contributed by atoms with van der Waals surface area (Å²) in [5, 5.41) is 0.746. The highest BCUT2D eigenvalue weighted by atomic mass is 19.2. The van der Waals surface area contributed by atoms with Crippen molar-refractivity contribution in [1.82, 2.24) is 9.47 Å². The second-order valence-electron chi connectivity index (χ2n) is 8.14. The van der Waals surface area contributed by atoms with Crippen LogP contribution in [0.15, 0.2) is 53.3 Å². The zero-order valence-corrected chi connectivity index (χ0v) is 16.9. The van der Waals surface area contributed by atoms with Crippen molar-refractivity contribution >= 4 is 22.6 Å². The summed E-state index contributed by atoms with van der Waals surface area (Å²) >= 11 is 0. The number of likely N-dealkylation sites (tertiary alicyclic amines) is 1. The summed E-state index contributed by atoms with van der Waals surface area (Å²) in [6.45, 7) is 2.34. The Morgan fingerprint density at radius 3 is 2.35 bits per heavy atom. The number of nitrogens with zero attached hydrogens (tertiary/aromatic N) is 3. The van der Waals surface area contributed by atoms with Crippen molar-refractivity contribution in [2.45, 2.75) is 0 Å². The normalized spacial score (nSPS) is 20.4. The number of rotatable bonds is 2. The first kappa shape index (κ1) is 19.5. The first-order valence-electron chi connectivity index (χ1n) is 10.1. The Balaban J connectivity index is 1.36. The summed E-state index contributed by atoms with van der Waals surface area (Å²) in [7, 11) is 1.56. The van der Waals surface area contributed by atoms with Gasteiger partial charge in [0.15, 0.2) is 11.6 Å². The molecule has 0 spiro atoms. The number of methoxy groups -OCH3 is 1. The molecule has 2 fully saturated rings. The fourth-order valence-electron chi connectivity index (χ4n) is 4.73. The number of benzene rings is 2. The number of amides is 1. The second kappa shape index (κ2) is 7.37. The molecule has 0 saturated carbocycles. The van der Waals surface area contributed by atoms with Gasteiger partial charge in [-0.2, -0.15) is 0 Å². The van der Waals surface area contributed by atoms with Crippen molar-refractivity contribution < 1.29 is 18.3 Å². The van der Waals surface area contributed by atoms with Crippen LogP contribution in [-0.2, 0) is 0 Å². The van der Waals surface area contributed by atoms with E-state index in [1.54, 1.807) is 42.3 Å². The first-order valence-corrected chi connectivity index (χ1v) is 10.1. The van der Waals surface area contributed by atoms with Gasteiger partial charge in [0, 0.05) is 61.2 Å². The van der Waals surface area contributed by atoms with Crippen LogP contribution in [0.3, 0.4) is 0 Å². The predicted molar refractivity (Wildman–Crippen MR) is 113 cm³/mol. The number of carbonyl (C=O) groups is 1. The van der Waals surface area contributed by atoms with Crippen LogP contribution < -0.4 is 15.2 Å². The number of fused-ring (bicyclic) bond motifs is 2. The van der Waals surface area contributed by atoms with Gasteiger partial charge in [0.2, 0.25) is 0 Å². The Morgan fingerprint density at radius 1 is 0.935 bits per heavy atom. The van der Waals surface area contributed by atoms with E-state index in [0.29, 0.717) is 43.1 Å². The number of pyridine rings is 1. The summed E-state index contributed by atoms with van der Waals surface area (Å²) in [4.78, 5) is 29.5. The fourth-order valence-corrected chi connectivity index (χ4v) is 4.73. The third-order valence-electron chi connectivity index (χ3n) is 6.32. The molecule has 0 bridgehead atoms. The molecule has 2 aromatic carbocycles. The zero-order valence-electron chi connectivity index (χ0n) is 16.9. The molecule has 1 aromatic heterocycles. The highest BCUT2D eigenvalue weighted by Gasteiger charge is 2.42. The molecule has 2 unspecified atom stereocenters. The van der Waals surface area contributed by atoms with Crippen LogP contribution in [0.25, 0.3) is 10.9 Å². The number of carbonyl (C=O) groups excluding carboxylic acids is 1. The third-order valence-corrected chi connectivity index (χ3v) is 6.32. The zero-order chi connectivity index (χ0) is 21.7. The minimum atomic E-state index is -0.863. The van der Waals surface area contributed by atoms with Gasteiger partial charge in [0.25, 0.3) is 5.56 Å². The molecule has 8 heteroatoms. The van der Waals surface area contributed by atoms with Crippen molar-refractivity contribution in [2.24, 2.45) is 11.8 Å². The fraction of sp³-hybridized carbons (Fsp3) is 0.304. The maximum atomic E-state index is 13.6. The molecule has 3 heterocycles. The molecule has 5 rings (SSSR count). The van der Waals surface area contributed by atoms with Crippen molar-refractivity contribution in [3.05, 3.63) is 70.5 Å². The van der Waals surface area contributed by atoms with Crippen molar-refractivity contribution in [2.75, 3.05) is 38.2 Å². The minimum Gasteiger partial charge on any atom is -0.497 e. The number of hydrogen-bond acceptors (Lipinski definition) is 4. The predicted octanol–water partition coefficient (Wildman–Crippen LogP) is 3.32. The first-order chi connectivity index (χ1) is 14.9. The number of halogens is 2. The number of aromatic nitrogens is 1. The standard InChI is InChI=1S/C23H21F2N3O3/c1-31-18-4-6-21-14(8-18)2-7-22(29)28(21)23(30)27-12-15-10-26(11-16(15)13-27)17-3-5-19(24)20(25)9-17/h2-9,15-16H,10-13H2,1H3. The summed E-state index contributed by atoms with van der Waals surface area (Å²) < 4.78 is 33.3.